The van der Waals surface area contributed by atoms with Crippen LogP contribution < -0.4 is 10.6 Å². The van der Waals surface area contributed by atoms with Gasteiger partial charge >= 0.3 is 0 Å². The second kappa shape index (κ2) is 10.9. The van der Waals surface area contributed by atoms with Gasteiger partial charge in [0.2, 0.25) is 11.8 Å². The molecule has 196 valence electrons. The highest BCUT2D eigenvalue weighted by molar-refractivity contribution is 5.97. The number of likely N-dealkylation sites (tertiary alicyclic amines) is 1. The van der Waals surface area contributed by atoms with Crippen molar-refractivity contribution < 1.29 is 23.5 Å². The van der Waals surface area contributed by atoms with Gasteiger partial charge in [-0.15, -0.1) is 0 Å². The summed E-state index contributed by atoms with van der Waals surface area (Å²) >= 11 is 0. The number of ketones is 1. The summed E-state index contributed by atoms with van der Waals surface area (Å²) in [6.07, 6.45) is 4.18. The number of halogens is 1. The molecule has 0 radical (unpaired) electrons. The minimum atomic E-state index is -0.347. The van der Waals surface area contributed by atoms with E-state index in [0.717, 1.165) is 19.3 Å². The van der Waals surface area contributed by atoms with Gasteiger partial charge in [-0.3, -0.25) is 24.6 Å². The van der Waals surface area contributed by atoms with Gasteiger partial charge < -0.3 is 15.0 Å². The summed E-state index contributed by atoms with van der Waals surface area (Å²) in [4.78, 5) is 43.0. The molecule has 4 fully saturated rings. The van der Waals surface area contributed by atoms with E-state index in [1.165, 1.54) is 12.1 Å². The van der Waals surface area contributed by atoms with Gasteiger partial charge in [0.25, 0.3) is 0 Å². The SMILES string of the molecule is C[C@@H](C1CC1)N(CC1NC(=O)C2COCCC2N1)C(=O)CN1CCC(C(=O)c2ccc(F)cc2)CC1. The average Bonchev–Trinajstić information content (AvgIpc) is 3.73. The first-order valence-electron chi connectivity index (χ1n) is 13.3. The smallest absolute Gasteiger partial charge is 0.237 e. The molecule has 4 atom stereocenters. The maximum absolute atomic E-state index is 13.5. The minimum Gasteiger partial charge on any atom is -0.381 e. The van der Waals surface area contributed by atoms with Gasteiger partial charge in [-0.05, 0) is 82.3 Å². The Balaban J connectivity index is 1.16. The predicted molar refractivity (Wildman–Crippen MR) is 132 cm³/mol. The molecule has 9 heteroatoms. The van der Waals surface area contributed by atoms with E-state index in [0.29, 0.717) is 63.7 Å². The maximum atomic E-state index is 13.5. The molecule has 1 aliphatic carbocycles. The molecular weight excluding hydrogens is 463 g/mol. The molecule has 0 aromatic heterocycles. The predicted octanol–water partition coefficient (Wildman–Crippen LogP) is 1.80. The van der Waals surface area contributed by atoms with E-state index in [9.17, 15) is 18.8 Å². The van der Waals surface area contributed by atoms with Crippen LogP contribution in [-0.2, 0) is 14.3 Å². The number of Topliss-reactive ketones (excluding diaryl/α,β-unsaturated/α-hetero) is 1. The van der Waals surface area contributed by atoms with Gasteiger partial charge in [0.05, 0.1) is 31.8 Å². The fourth-order valence-corrected chi connectivity index (χ4v) is 5.88. The molecule has 1 saturated carbocycles. The Kier molecular flexibility index (Phi) is 7.69. The van der Waals surface area contributed by atoms with Crippen molar-refractivity contribution in [3.63, 3.8) is 0 Å². The Morgan fingerprint density at radius 1 is 1.14 bits per heavy atom. The summed E-state index contributed by atoms with van der Waals surface area (Å²) in [5, 5.41) is 6.60. The third-order valence-electron chi connectivity index (χ3n) is 8.37. The quantitative estimate of drug-likeness (QED) is 0.529. The molecule has 0 bridgehead atoms. The maximum Gasteiger partial charge on any atom is 0.237 e. The lowest BCUT2D eigenvalue weighted by Crippen LogP contribution is -2.67. The van der Waals surface area contributed by atoms with Crippen molar-refractivity contribution in [1.29, 1.82) is 0 Å². The Labute approximate surface area is 211 Å². The molecule has 3 saturated heterocycles. The number of fused-ring (bicyclic) bond motifs is 1. The van der Waals surface area contributed by atoms with Crippen LogP contribution in [0.25, 0.3) is 0 Å². The monoisotopic (exact) mass is 500 g/mol. The van der Waals surface area contributed by atoms with Gasteiger partial charge in [-0.1, -0.05) is 0 Å². The first-order chi connectivity index (χ1) is 17.4. The zero-order valence-electron chi connectivity index (χ0n) is 21.0. The molecule has 5 rings (SSSR count). The summed E-state index contributed by atoms with van der Waals surface area (Å²) in [6, 6.07) is 5.95. The highest BCUT2D eigenvalue weighted by Crippen LogP contribution is 2.35. The molecule has 0 spiro atoms. The van der Waals surface area contributed by atoms with Crippen LogP contribution in [0.1, 0.15) is 49.4 Å². The standard InChI is InChI=1S/C27H37FN4O4/c1-17(18-2-3-18)32(14-24-29-23-10-13-36-16-22(23)27(35)30-24)25(33)15-31-11-8-20(9-12-31)26(34)19-4-6-21(28)7-5-19/h4-7,17-18,20,22-24,29H,2-3,8-16H2,1H3,(H,30,35)/t17-,22?,23?,24?/m0/s1. The van der Waals surface area contributed by atoms with Crippen molar-refractivity contribution >= 4 is 17.6 Å². The number of carbonyl (C=O) groups is 3. The van der Waals surface area contributed by atoms with Crippen LogP contribution in [0.4, 0.5) is 4.39 Å². The van der Waals surface area contributed by atoms with Crippen molar-refractivity contribution in [2.24, 2.45) is 17.8 Å². The summed E-state index contributed by atoms with van der Waals surface area (Å²) in [6.45, 7) is 5.33. The van der Waals surface area contributed by atoms with Gasteiger partial charge in [-0.2, -0.15) is 0 Å². The average molecular weight is 501 g/mol. The van der Waals surface area contributed by atoms with Crippen LogP contribution in [0.3, 0.4) is 0 Å². The molecule has 3 unspecified atom stereocenters. The molecule has 3 aliphatic heterocycles. The van der Waals surface area contributed by atoms with Crippen LogP contribution in [0.2, 0.25) is 0 Å². The first kappa shape index (κ1) is 25.3. The molecule has 2 amide bonds. The summed E-state index contributed by atoms with van der Waals surface area (Å²) in [5.74, 6) is 0.0287. The number of hydrogen-bond acceptors (Lipinski definition) is 6. The number of carbonyl (C=O) groups excluding carboxylic acids is 3. The third kappa shape index (κ3) is 5.79. The molecule has 2 N–H and O–H groups in total. The normalized spacial score (nSPS) is 28.2. The number of benzene rings is 1. The molecule has 1 aromatic carbocycles. The fourth-order valence-electron chi connectivity index (χ4n) is 5.88. The fraction of sp³-hybridized carbons (Fsp3) is 0.667. The van der Waals surface area contributed by atoms with Crippen molar-refractivity contribution in [2.45, 2.75) is 57.3 Å². The largest absolute Gasteiger partial charge is 0.381 e. The lowest BCUT2D eigenvalue weighted by atomic mass is 9.89. The van der Waals surface area contributed by atoms with Crippen molar-refractivity contribution in [2.75, 3.05) is 39.4 Å². The van der Waals surface area contributed by atoms with E-state index < -0.39 is 0 Å². The summed E-state index contributed by atoms with van der Waals surface area (Å²) < 4.78 is 18.7. The Hall–Kier alpha value is -2.36. The molecule has 1 aromatic rings. The minimum absolute atomic E-state index is 0.00261. The molecular formula is C27H37FN4O4. The molecule has 8 nitrogen and oxygen atoms in total. The van der Waals surface area contributed by atoms with Gasteiger partial charge in [-0.25, -0.2) is 4.39 Å². The van der Waals surface area contributed by atoms with Crippen LogP contribution in [0, 0.1) is 23.6 Å². The number of piperidine rings is 1. The summed E-state index contributed by atoms with van der Waals surface area (Å²) in [5.41, 5.74) is 0.546. The Bertz CT molecular complexity index is 961. The van der Waals surface area contributed by atoms with E-state index in [2.05, 4.69) is 22.5 Å². The number of amides is 2. The van der Waals surface area contributed by atoms with E-state index in [-0.39, 0.29) is 53.5 Å². The highest BCUT2D eigenvalue weighted by atomic mass is 19.1. The molecule has 36 heavy (non-hydrogen) atoms. The van der Waals surface area contributed by atoms with Crippen LogP contribution in [0.15, 0.2) is 24.3 Å². The molecule has 4 aliphatic rings. The molecule has 3 heterocycles. The lowest BCUT2D eigenvalue weighted by Gasteiger charge is -2.42. The number of nitrogens with one attached hydrogen (secondary N) is 2. The highest BCUT2D eigenvalue weighted by Gasteiger charge is 2.41. The van der Waals surface area contributed by atoms with Crippen LogP contribution in [0.5, 0.6) is 0 Å². The summed E-state index contributed by atoms with van der Waals surface area (Å²) in [7, 11) is 0. The van der Waals surface area contributed by atoms with E-state index in [1.807, 2.05) is 4.90 Å². The van der Waals surface area contributed by atoms with Gasteiger partial charge in [0, 0.05) is 30.2 Å². The van der Waals surface area contributed by atoms with Crippen molar-refractivity contribution in [3.05, 3.63) is 35.6 Å². The number of ether oxygens (including phenoxy) is 1. The van der Waals surface area contributed by atoms with E-state index in [4.69, 9.17) is 4.74 Å². The number of hydrogen-bond donors (Lipinski definition) is 2. The topological polar surface area (TPSA) is 91.0 Å². The van der Waals surface area contributed by atoms with Gasteiger partial charge in [0.15, 0.2) is 5.78 Å². The van der Waals surface area contributed by atoms with Gasteiger partial charge in [0.1, 0.15) is 5.82 Å². The Morgan fingerprint density at radius 2 is 1.86 bits per heavy atom. The van der Waals surface area contributed by atoms with Crippen molar-refractivity contribution in [3.8, 4) is 0 Å². The zero-order chi connectivity index (χ0) is 25.2. The van der Waals surface area contributed by atoms with E-state index in [1.54, 1.807) is 12.1 Å². The first-order valence-corrected chi connectivity index (χ1v) is 13.3. The third-order valence-corrected chi connectivity index (χ3v) is 8.37. The van der Waals surface area contributed by atoms with Crippen LogP contribution in [-0.4, -0.2) is 85.0 Å². The van der Waals surface area contributed by atoms with Crippen LogP contribution >= 0.6 is 0 Å². The number of rotatable bonds is 8. The van der Waals surface area contributed by atoms with Crippen molar-refractivity contribution in [1.82, 2.24) is 20.4 Å². The lowest BCUT2D eigenvalue weighted by molar-refractivity contribution is -0.140. The Morgan fingerprint density at radius 3 is 2.56 bits per heavy atom. The number of nitrogens with zero attached hydrogens (tertiary/aromatic N) is 2. The second-order valence-corrected chi connectivity index (χ2v) is 10.9. The zero-order valence-corrected chi connectivity index (χ0v) is 21.0. The van der Waals surface area contributed by atoms with E-state index >= 15 is 0 Å². The second-order valence-electron chi connectivity index (χ2n) is 10.9.